The Bertz CT molecular complexity index is 2520. The number of carbonyl (C=O) groups is 2. The van der Waals surface area contributed by atoms with Crippen molar-refractivity contribution >= 4 is 55.2 Å². The number of esters is 2. The molecule has 0 spiro atoms. The van der Waals surface area contributed by atoms with Crippen LogP contribution in [0.5, 0.6) is 0 Å². The minimum atomic E-state index is -0.391. The van der Waals surface area contributed by atoms with Crippen LogP contribution in [-0.4, -0.2) is 78.9 Å². The summed E-state index contributed by atoms with van der Waals surface area (Å²) < 4.78 is 20.9. The lowest BCUT2D eigenvalue weighted by Crippen LogP contribution is -2.10. The highest BCUT2D eigenvalue weighted by Crippen LogP contribution is 2.37. The van der Waals surface area contributed by atoms with Gasteiger partial charge >= 0.3 is 11.9 Å². The van der Waals surface area contributed by atoms with Crippen molar-refractivity contribution in [2.24, 2.45) is 9.98 Å². The smallest absolute Gasteiger partial charge is 0.305 e. The molecule has 59 heavy (non-hydrogen) atoms. The van der Waals surface area contributed by atoms with Crippen LogP contribution in [0.15, 0.2) is 117 Å². The zero-order chi connectivity index (χ0) is 41.5. The van der Waals surface area contributed by atoms with Crippen LogP contribution in [0.25, 0.3) is 11.4 Å². The highest BCUT2D eigenvalue weighted by atomic mass is 79.9. The molecule has 2 aromatic carbocycles. The van der Waals surface area contributed by atoms with Crippen LogP contribution in [0.4, 0.5) is 0 Å². The highest BCUT2D eigenvalue weighted by molar-refractivity contribution is 9.10. The van der Waals surface area contributed by atoms with Crippen LogP contribution < -0.4 is 0 Å². The van der Waals surface area contributed by atoms with Crippen LogP contribution in [0, 0.1) is 0 Å². The molecule has 2 atom stereocenters. The summed E-state index contributed by atoms with van der Waals surface area (Å²) in [6, 6.07) is 22.6. The fourth-order valence-electron chi connectivity index (χ4n) is 7.06. The second-order valence-electron chi connectivity index (χ2n) is 13.4. The van der Waals surface area contributed by atoms with Crippen LogP contribution in [0.1, 0.15) is 83.3 Å². The number of benzene rings is 2. The number of ether oxygens (including phenoxy) is 3. The van der Waals surface area contributed by atoms with E-state index in [1.807, 2.05) is 77.4 Å². The average molecular weight is 925 g/mol. The number of hydrogen-bond acceptors (Lipinski definition) is 12. The van der Waals surface area contributed by atoms with E-state index in [4.69, 9.17) is 24.2 Å². The normalized spacial score (nSPS) is 15.1. The van der Waals surface area contributed by atoms with Crippen molar-refractivity contribution in [2.45, 2.75) is 51.0 Å². The molecule has 0 radical (unpaired) electrons. The maximum Gasteiger partial charge on any atom is 0.305 e. The standard InChI is InChI=1S/C22H21BrN4O3.C21H19BrN4O3/c1-29-13-15-12-25-22-18(7-9-20(28)30-2)26-21(17-5-3-4-10-24-17)16-11-14(23)6-8-19(16)27(15)22;1-29-19(28)8-6-17-21-24-11-14(12-27)26(21)18-7-5-13(22)10-15(18)20(25-17)16-4-2-3-9-23-16/h3-6,8,10-12,18H,7,9,13H2,1-2H3;2-5,7,9-11,17,27H,6,8,12H2,1H3/t18-;17-/m00/s1. The molecule has 0 amide bonds. The fourth-order valence-corrected chi connectivity index (χ4v) is 7.78. The number of halogens is 2. The summed E-state index contributed by atoms with van der Waals surface area (Å²) in [5.41, 5.74) is 8.14. The number of aliphatic hydroxyl groups is 1. The number of nitrogens with zero attached hydrogens (tertiary/aromatic N) is 8. The Hall–Kier alpha value is -5.68. The van der Waals surface area contributed by atoms with Gasteiger partial charge in [0.05, 0.1) is 85.4 Å². The Balaban J connectivity index is 0.000000179. The SMILES string of the molecule is COC(=O)CC[C@@H]1N=C(c2ccccn2)c2cc(Br)ccc2-n2c(CO)cnc21.COCc1cnc2n1-c1ccc(Br)cc1C(c1ccccn1)=N[C@H]2CCC(=O)OC. The molecule has 0 unspecified atom stereocenters. The second-order valence-corrected chi connectivity index (χ2v) is 15.3. The molecule has 0 saturated carbocycles. The molecular weight excluding hydrogens is 884 g/mol. The Morgan fingerprint density at radius 1 is 0.661 bits per heavy atom. The third-order valence-corrected chi connectivity index (χ3v) is 10.8. The quantitative estimate of drug-likeness (QED) is 0.129. The van der Waals surface area contributed by atoms with Gasteiger partial charge in [-0.2, -0.15) is 0 Å². The first-order chi connectivity index (χ1) is 28.7. The van der Waals surface area contributed by atoms with Crippen molar-refractivity contribution in [1.29, 1.82) is 0 Å². The van der Waals surface area contributed by atoms with Crippen LogP contribution >= 0.6 is 31.9 Å². The van der Waals surface area contributed by atoms with Gasteiger partial charge in [0, 0.05) is 52.4 Å². The molecule has 1 N–H and O–H groups in total. The number of aliphatic imine (C=N–C) groups is 2. The van der Waals surface area contributed by atoms with Crippen molar-refractivity contribution in [3.63, 3.8) is 0 Å². The third kappa shape index (κ3) is 9.00. The zero-order valence-electron chi connectivity index (χ0n) is 32.5. The first kappa shape index (κ1) is 41.5. The van der Waals surface area contributed by atoms with E-state index in [0.29, 0.717) is 36.7 Å². The van der Waals surface area contributed by atoms with E-state index in [0.717, 1.165) is 60.1 Å². The maximum atomic E-state index is 11.8. The van der Waals surface area contributed by atoms with E-state index in [1.54, 1.807) is 31.9 Å². The molecule has 16 heteroatoms. The first-order valence-electron chi connectivity index (χ1n) is 18.7. The van der Waals surface area contributed by atoms with Gasteiger partial charge < -0.3 is 19.3 Å². The number of imidazole rings is 2. The van der Waals surface area contributed by atoms with Gasteiger partial charge in [0.1, 0.15) is 23.7 Å². The molecule has 2 aliphatic heterocycles. The Labute approximate surface area is 357 Å². The largest absolute Gasteiger partial charge is 0.469 e. The monoisotopic (exact) mass is 922 g/mol. The van der Waals surface area contributed by atoms with E-state index < -0.39 is 6.04 Å². The predicted molar refractivity (Wildman–Crippen MR) is 227 cm³/mol. The van der Waals surface area contributed by atoms with E-state index >= 15 is 0 Å². The van der Waals surface area contributed by atoms with E-state index in [2.05, 4.69) is 56.4 Å². The number of aliphatic hydroxyl groups excluding tert-OH is 1. The molecule has 6 aromatic rings. The summed E-state index contributed by atoms with van der Waals surface area (Å²) in [5, 5.41) is 9.89. The molecular formula is C43H40Br2N8O6. The number of aromatic nitrogens is 6. The zero-order valence-corrected chi connectivity index (χ0v) is 35.6. The predicted octanol–water partition coefficient (Wildman–Crippen LogP) is 7.39. The summed E-state index contributed by atoms with van der Waals surface area (Å²) in [6.07, 6.45) is 8.28. The van der Waals surface area contributed by atoms with Crippen molar-refractivity contribution in [1.82, 2.24) is 29.1 Å². The number of methoxy groups -OCH3 is 3. The molecule has 302 valence electrons. The maximum absolute atomic E-state index is 11.8. The number of pyridine rings is 2. The summed E-state index contributed by atoms with van der Waals surface area (Å²) in [7, 11) is 4.42. The van der Waals surface area contributed by atoms with Gasteiger partial charge in [-0.05, 0) is 73.5 Å². The van der Waals surface area contributed by atoms with Gasteiger partial charge in [0.15, 0.2) is 0 Å². The van der Waals surface area contributed by atoms with E-state index in [-0.39, 0.29) is 37.4 Å². The minimum absolute atomic E-state index is 0.162. The fraction of sp³-hybridized carbons (Fsp3) is 0.256. The molecule has 14 nitrogen and oxygen atoms in total. The van der Waals surface area contributed by atoms with Gasteiger partial charge in [0.25, 0.3) is 0 Å². The lowest BCUT2D eigenvalue weighted by Gasteiger charge is -2.15. The van der Waals surface area contributed by atoms with Crippen molar-refractivity contribution in [3.8, 4) is 11.4 Å². The van der Waals surface area contributed by atoms with E-state index in [1.165, 1.54) is 14.2 Å². The Kier molecular flexibility index (Phi) is 13.3. The Morgan fingerprint density at radius 3 is 1.56 bits per heavy atom. The summed E-state index contributed by atoms with van der Waals surface area (Å²) in [6.45, 7) is 0.246. The average Bonchev–Trinajstić information content (AvgIpc) is 3.82. The van der Waals surface area contributed by atoms with Crippen molar-refractivity contribution < 1.29 is 28.9 Å². The molecule has 4 aromatic heterocycles. The Morgan fingerprint density at radius 2 is 1.14 bits per heavy atom. The molecule has 8 rings (SSSR count). The molecule has 0 aliphatic carbocycles. The third-order valence-electron chi connectivity index (χ3n) is 9.77. The lowest BCUT2D eigenvalue weighted by molar-refractivity contribution is -0.141. The first-order valence-corrected chi connectivity index (χ1v) is 20.3. The summed E-state index contributed by atoms with van der Waals surface area (Å²) >= 11 is 7.13. The summed E-state index contributed by atoms with van der Waals surface area (Å²) in [5.74, 6) is 0.863. The van der Waals surface area contributed by atoms with Gasteiger partial charge in [-0.15, -0.1) is 0 Å². The lowest BCUT2D eigenvalue weighted by atomic mass is 10.0. The highest BCUT2D eigenvalue weighted by Gasteiger charge is 2.31. The van der Waals surface area contributed by atoms with Gasteiger partial charge in [-0.3, -0.25) is 38.7 Å². The molecule has 0 saturated heterocycles. The number of fused-ring (bicyclic) bond motifs is 6. The van der Waals surface area contributed by atoms with E-state index in [9.17, 15) is 14.7 Å². The van der Waals surface area contributed by atoms with Gasteiger partial charge in [-0.1, -0.05) is 44.0 Å². The number of rotatable bonds is 11. The summed E-state index contributed by atoms with van der Waals surface area (Å²) in [4.78, 5) is 51.9. The molecule has 6 heterocycles. The number of hydrogen-bond donors (Lipinski definition) is 1. The van der Waals surface area contributed by atoms with Crippen molar-refractivity contribution in [3.05, 3.63) is 152 Å². The second kappa shape index (κ2) is 18.9. The van der Waals surface area contributed by atoms with Crippen LogP contribution in [0.3, 0.4) is 0 Å². The molecule has 0 bridgehead atoms. The van der Waals surface area contributed by atoms with Gasteiger partial charge in [-0.25, -0.2) is 9.97 Å². The van der Waals surface area contributed by atoms with Crippen LogP contribution in [0.2, 0.25) is 0 Å². The topological polar surface area (TPSA) is 168 Å². The van der Waals surface area contributed by atoms with Crippen molar-refractivity contribution in [2.75, 3.05) is 21.3 Å². The van der Waals surface area contributed by atoms with Gasteiger partial charge in [0.2, 0.25) is 0 Å². The van der Waals surface area contributed by atoms with Crippen LogP contribution in [-0.2, 0) is 37.0 Å². The minimum Gasteiger partial charge on any atom is -0.469 e. The molecule has 2 aliphatic rings. The number of carbonyl (C=O) groups excluding carboxylic acids is 2. The molecule has 0 fully saturated rings.